The molecule has 2 aromatic carbocycles. The van der Waals surface area contributed by atoms with Crippen LogP contribution in [0.15, 0.2) is 48.5 Å². The van der Waals surface area contributed by atoms with Crippen molar-refractivity contribution < 1.29 is 4.74 Å². The van der Waals surface area contributed by atoms with E-state index in [9.17, 15) is 0 Å². The monoisotopic (exact) mass is 416 g/mol. The van der Waals surface area contributed by atoms with Crippen LogP contribution in [0.1, 0.15) is 50.5 Å². The van der Waals surface area contributed by atoms with Crippen molar-refractivity contribution in [1.29, 1.82) is 0 Å². The van der Waals surface area contributed by atoms with Gasteiger partial charge in [-0.3, -0.25) is 4.90 Å². The highest BCUT2D eigenvalue weighted by atomic mass is 16.5. The van der Waals surface area contributed by atoms with Crippen molar-refractivity contribution in [3.8, 4) is 28.7 Å². The third-order valence-corrected chi connectivity index (χ3v) is 6.39. The largest absolute Gasteiger partial charge is 0.494 e. The Balaban J connectivity index is 1.40. The van der Waals surface area contributed by atoms with E-state index in [1.807, 2.05) is 0 Å². The lowest BCUT2D eigenvalue weighted by Crippen LogP contribution is -2.31. The van der Waals surface area contributed by atoms with Gasteiger partial charge in [-0.15, -0.1) is 0 Å². The molecule has 2 fully saturated rings. The maximum absolute atomic E-state index is 6.12. The smallest absolute Gasteiger partial charge is 0.120 e. The third-order valence-electron chi connectivity index (χ3n) is 6.39. The highest BCUT2D eigenvalue weighted by molar-refractivity contribution is 5.72. The van der Waals surface area contributed by atoms with Crippen LogP contribution in [0.2, 0.25) is 0 Å². The lowest BCUT2D eigenvalue weighted by molar-refractivity contribution is 0.205. The van der Waals surface area contributed by atoms with Crippen molar-refractivity contribution in [2.24, 2.45) is 0 Å². The Morgan fingerprint density at radius 1 is 0.774 bits per heavy atom. The fourth-order valence-corrected chi connectivity index (χ4v) is 4.61. The summed E-state index contributed by atoms with van der Waals surface area (Å²) >= 11 is 0. The van der Waals surface area contributed by atoms with Crippen molar-refractivity contribution in [3.63, 3.8) is 0 Å². The summed E-state index contributed by atoms with van der Waals surface area (Å²) in [7, 11) is 0. The van der Waals surface area contributed by atoms with Gasteiger partial charge in [-0.05, 0) is 87.6 Å². The maximum atomic E-state index is 6.12. The minimum absolute atomic E-state index is 0.766. The van der Waals surface area contributed by atoms with E-state index in [0.717, 1.165) is 37.4 Å². The molecule has 164 valence electrons. The molecule has 0 bridgehead atoms. The predicted octanol–water partition coefficient (Wildman–Crippen LogP) is 5.45. The Kier molecular flexibility index (Phi) is 8.44. The minimum Gasteiger partial charge on any atom is -0.494 e. The Morgan fingerprint density at radius 3 is 2.23 bits per heavy atom. The number of rotatable bonds is 7. The number of ether oxygens (including phenoxy) is 1. The zero-order valence-corrected chi connectivity index (χ0v) is 18.8. The zero-order chi connectivity index (χ0) is 21.1. The highest BCUT2D eigenvalue weighted by Crippen LogP contribution is 2.27. The highest BCUT2D eigenvalue weighted by Gasteiger charge is 2.10. The van der Waals surface area contributed by atoms with E-state index in [2.05, 4.69) is 70.2 Å². The Morgan fingerprint density at radius 2 is 1.48 bits per heavy atom. The second kappa shape index (κ2) is 11.9. The molecule has 0 unspecified atom stereocenters. The standard InChI is InChI=1S/C28H36N2O/c1-4-12-25(13-5-1)28-16-15-27(31-23-11-22-30-19-8-3-9-20-30)24-26(28)14-10-21-29-17-6-2-7-18-29/h1,4-5,12-13,15-16,24H,2-3,6-9,11,17-23H2. The first kappa shape index (κ1) is 21.9. The molecule has 0 amide bonds. The van der Waals surface area contributed by atoms with Crippen molar-refractivity contribution in [2.45, 2.75) is 44.9 Å². The Labute approximate surface area is 188 Å². The van der Waals surface area contributed by atoms with Gasteiger partial charge in [0.05, 0.1) is 13.2 Å². The van der Waals surface area contributed by atoms with Crippen molar-refractivity contribution in [1.82, 2.24) is 9.80 Å². The van der Waals surface area contributed by atoms with Crippen molar-refractivity contribution in [2.75, 3.05) is 45.9 Å². The molecule has 0 spiro atoms. The summed E-state index contributed by atoms with van der Waals surface area (Å²) in [5, 5.41) is 0. The fraction of sp³-hybridized carbons (Fsp3) is 0.500. The van der Waals surface area contributed by atoms with Crippen LogP contribution in [0.5, 0.6) is 5.75 Å². The molecule has 2 heterocycles. The summed E-state index contributed by atoms with van der Waals surface area (Å²) in [5.74, 6) is 7.83. The van der Waals surface area contributed by atoms with Gasteiger partial charge >= 0.3 is 0 Å². The summed E-state index contributed by atoms with van der Waals surface area (Å²) in [6.07, 6.45) is 9.13. The molecule has 0 aliphatic carbocycles. The van der Waals surface area contributed by atoms with Crippen LogP contribution >= 0.6 is 0 Å². The van der Waals surface area contributed by atoms with Gasteiger partial charge in [0.1, 0.15) is 5.75 Å². The van der Waals surface area contributed by atoms with Crippen LogP contribution in [0.4, 0.5) is 0 Å². The molecule has 0 radical (unpaired) electrons. The van der Waals surface area contributed by atoms with Crippen LogP contribution in [0, 0.1) is 11.8 Å². The Hall–Kier alpha value is -2.28. The number of hydrogen-bond donors (Lipinski definition) is 0. The molecule has 0 aromatic heterocycles. The van der Waals surface area contributed by atoms with Crippen molar-refractivity contribution in [3.05, 3.63) is 54.1 Å². The molecule has 2 aliphatic heterocycles. The van der Waals surface area contributed by atoms with E-state index >= 15 is 0 Å². The first-order chi connectivity index (χ1) is 15.4. The molecule has 0 atom stereocenters. The van der Waals surface area contributed by atoms with E-state index in [-0.39, 0.29) is 0 Å². The van der Waals surface area contributed by atoms with Crippen LogP contribution in [0.3, 0.4) is 0 Å². The number of piperidine rings is 2. The number of nitrogens with zero attached hydrogens (tertiary/aromatic N) is 2. The van der Waals surface area contributed by atoms with Crippen LogP contribution < -0.4 is 4.74 Å². The molecule has 4 rings (SSSR count). The normalized spacial score (nSPS) is 17.7. The summed E-state index contributed by atoms with van der Waals surface area (Å²) in [4.78, 5) is 5.04. The van der Waals surface area contributed by atoms with E-state index in [0.29, 0.717) is 0 Å². The first-order valence-electron chi connectivity index (χ1n) is 12.1. The van der Waals surface area contributed by atoms with Crippen LogP contribution in [-0.4, -0.2) is 55.7 Å². The van der Waals surface area contributed by atoms with Gasteiger partial charge in [-0.25, -0.2) is 0 Å². The number of hydrogen-bond acceptors (Lipinski definition) is 3. The molecular weight excluding hydrogens is 380 g/mol. The summed E-state index contributed by atoms with van der Waals surface area (Å²) in [6.45, 7) is 7.63. The summed E-state index contributed by atoms with van der Waals surface area (Å²) in [5.41, 5.74) is 3.46. The molecular formula is C28H36N2O. The molecule has 2 aromatic rings. The quantitative estimate of drug-likeness (QED) is 0.441. The maximum Gasteiger partial charge on any atom is 0.120 e. The lowest BCUT2D eigenvalue weighted by Gasteiger charge is -2.26. The predicted molar refractivity (Wildman–Crippen MR) is 129 cm³/mol. The van der Waals surface area contributed by atoms with Crippen LogP contribution in [-0.2, 0) is 0 Å². The molecule has 2 aliphatic rings. The number of likely N-dealkylation sites (tertiary alicyclic amines) is 2. The van der Waals surface area contributed by atoms with Crippen molar-refractivity contribution >= 4 is 0 Å². The fourth-order valence-electron chi connectivity index (χ4n) is 4.61. The van der Waals surface area contributed by atoms with E-state index in [4.69, 9.17) is 4.74 Å². The zero-order valence-electron chi connectivity index (χ0n) is 18.8. The SMILES string of the molecule is C(#Cc1cc(OCCCN2CCCCC2)ccc1-c1ccccc1)CN1CCCCC1. The number of benzene rings is 2. The summed E-state index contributed by atoms with van der Waals surface area (Å²) < 4.78 is 6.12. The third kappa shape index (κ3) is 6.86. The summed E-state index contributed by atoms with van der Waals surface area (Å²) in [6, 6.07) is 16.9. The van der Waals surface area contributed by atoms with Gasteiger partial charge in [0.25, 0.3) is 0 Å². The second-order valence-corrected chi connectivity index (χ2v) is 8.82. The molecule has 31 heavy (non-hydrogen) atoms. The van der Waals surface area contributed by atoms with Gasteiger partial charge in [0.2, 0.25) is 0 Å². The topological polar surface area (TPSA) is 15.7 Å². The average molecular weight is 417 g/mol. The molecule has 0 N–H and O–H groups in total. The van der Waals surface area contributed by atoms with E-state index < -0.39 is 0 Å². The second-order valence-electron chi connectivity index (χ2n) is 8.82. The van der Waals surface area contributed by atoms with Gasteiger partial charge in [-0.1, -0.05) is 55.0 Å². The van der Waals surface area contributed by atoms with E-state index in [1.165, 1.54) is 75.8 Å². The lowest BCUT2D eigenvalue weighted by atomic mass is 9.99. The van der Waals surface area contributed by atoms with Crippen LogP contribution in [0.25, 0.3) is 11.1 Å². The van der Waals surface area contributed by atoms with E-state index in [1.54, 1.807) is 0 Å². The minimum atomic E-state index is 0.766. The Bertz CT molecular complexity index is 856. The molecule has 3 heteroatoms. The first-order valence-corrected chi connectivity index (χ1v) is 12.1. The van der Waals surface area contributed by atoms with Gasteiger partial charge in [0.15, 0.2) is 0 Å². The molecule has 3 nitrogen and oxygen atoms in total. The van der Waals surface area contributed by atoms with Gasteiger partial charge < -0.3 is 9.64 Å². The molecule has 0 saturated carbocycles. The average Bonchev–Trinajstić information content (AvgIpc) is 2.84. The van der Waals surface area contributed by atoms with Gasteiger partial charge in [-0.2, -0.15) is 0 Å². The molecule has 2 saturated heterocycles. The van der Waals surface area contributed by atoms with Gasteiger partial charge in [0, 0.05) is 12.1 Å².